The Labute approximate surface area is 166 Å². The molecule has 0 spiro atoms. The minimum Gasteiger partial charge on any atom is -0.469 e. The molecular formula is C20H31N3O5. The Morgan fingerprint density at radius 1 is 1.36 bits per heavy atom. The summed E-state index contributed by atoms with van der Waals surface area (Å²) in [5.74, 6) is 0.257. The normalized spacial score (nSPS) is 17.2. The summed E-state index contributed by atoms with van der Waals surface area (Å²) in [6, 6.07) is 1.58. The first kappa shape index (κ1) is 21.8. The third kappa shape index (κ3) is 6.28. The van der Waals surface area contributed by atoms with Gasteiger partial charge >= 0.3 is 6.09 Å². The van der Waals surface area contributed by atoms with Crippen molar-refractivity contribution in [1.29, 1.82) is 0 Å². The highest BCUT2D eigenvalue weighted by atomic mass is 16.6. The molecule has 8 nitrogen and oxygen atoms in total. The second kappa shape index (κ2) is 9.12. The van der Waals surface area contributed by atoms with Gasteiger partial charge in [-0.2, -0.15) is 0 Å². The van der Waals surface area contributed by atoms with Gasteiger partial charge in [0.2, 0.25) is 5.91 Å². The molecule has 1 saturated heterocycles. The highest BCUT2D eigenvalue weighted by Crippen LogP contribution is 2.19. The van der Waals surface area contributed by atoms with Gasteiger partial charge in [0, 0.05) is 26.7 Å². The van der Waals surface area contributed by atoms with E-state index in [2.05, 4.69) is 5.32 Å². The van der Waals surface area contributed by atoms with Crippen molar-refractivity contribution >= 4 is 17.9 Å². The smallest absolute Gasteiger partial charge is 0.410 e. The van der Waals surface area contributed by atoms with Gasteiger partial charge in [0.05, 0.1) is 18.4 Å². The molecule has 8 heteroatoms. The summed E-state index contributed by atoms with van der Waals surface area (Å²) in [4.78, 5) is 40.1. The summed E-state index contributed by atoms with van der Waals surface area (Å²) in [6.45, 7) is 8.89. The number of carbonyl (C=O) groups is 3. The fraction of sp³-hybridized carbons (Fsp3) is 0.650. The minimum absolute atomic E-state index is 0.0575. The molecule has 1 fully saturated rings. The fourth-order valence-electron chi connectivity index (χ4n) is 3.23. The zero-order chi connectivity index (χ0) is 20.9. The molecule has 28 heavy (non-hydrogen) atoms. The van der Waals surface area contributed by atoms with Gasteiger partial charge in [-0.15, -0.1) is 0 Å². The third-order valence-corrected chi connectivity index (χ3v) is 4.61. The second-order valence-corrected chi connectivity index (χ2v) is 8.28. The van der Waals surface area contributed by atoms with Crippen LogP contribution in [0.1, 0.15) is 49.7 Å². The maximum atomic E-state index is 12.5. The van der Waals surface area contributed by atoms with Gasteiger partial charge in [-0.25, -0.2) is 4.79 Å². The SMILES string of the molecule is Cc1occc1C(=O)NCC(=O)N1CCCC(CN(C)C(=O)OC(C)(C)C)C1. The maximum Gasteiger partial charge on any atom is 0.410 e. The monoisotopic (exact) mass is 393 g/mol. The molecule has 1 N–H and O–H groups in total. The first-order valence-electron chi connectivity index (χ1n) is 9.61. The average Bonchev–Trinajstić information content (AvgIpc) is 3.04. The first-order valence-corrected chi connectivity index (χ1v) is 9.61. The molecule has 0 bridgehead atoms. The van der Waals surface area contributed by atoms with E-state index in [1.54, 1.807) is 29.8 Å². The summed E-state index contributed by atoms with van der Waals surface area (Å²) in [5.41, 5.74) is -0.103. The van der Waals surface area contributed by atoms with E-state index in [-0.39, 0.29) is 30.4 Å². The minimum atomic E-state index is -0.536. The van der Waals surface area contributed by atoms with Crippen molar-refractivity contribution in [3.63, 3.8) is 0 Å². The molecule has 1 aromatic rings. The van der Waals surface area contributed by atoms with Gasteiger partial charge in [-0.1, -0.05) is 0 Å². The number of likely N-dealkylation sites (tertiary alicyclic amines) is 1. The standard InChI is InChI=1S/C20H31N3O5/c1-14-16(8-10-27-14)18(25)21-11-17(24)23-9-6-7-15(13-23)12-22(5)19(26)28-20(2,3)4/h8,10,15H,6-7,9,11-13H2,1-5H3,(H,21,25). The Balaban J connectivity index is 1.81. The van der Waals surface area contributed by atoms with E-state index >= 15 is 0 Å². The molecule has 0 aliphatic carbocycles. The lowest BCUT2D eigenvalue weighted by Gasteiger charge is -2.35. The largest absolute Gasteiger partial charge is 0.469 e. The molecule has 2 rings (SSSR count). The number of rotatable bonds is 5. The van der Waals surface area contributed by atoms with E-state index in [4.69, 9.17) is 9.15 Å². The third-order valence-electron chi connectivity index (χ3n) is 4.61. The number of aryl methyl sites for hydroxylation is 1. The van der Waals surface area contributed by atoms with E-state index in [0.717, 1.165) is 12.8 Å². The van der Waals surface area contributed by atoms with Gasteiger partial charge in [0.1, 0.15) is 11.4 Å². The number of hydrogen-bond acceptors (Lipinski definition) is 5. The zero-order valence-corrected chi connectivity index (χ0v) is 17.4. The molecule has 1 aliphatic rings. The number of carbonyl (C=O) groups excluding carboxylic acids is 3. The van der Waals surface area contributed by atoms with Gasteiger partial charge in [-0.3, -0.25) is 9.59 Å². The Morgan fingerprint density at radius 3 is 2.68 bits per heavy atom. The van der Waals surface area contributed by atoms with Crippen molar-refractivity contribution in [1.82, 2.24) is 15.1 Å². The van der Waals surface area contributed by atoms with Crippen LogP contribution in [-0.4, -0.2) is 66.5 Å². The lowest BCUT2D eigenvalue weighted by Crippen LogP contribution is -2.47. The van der Waals surface area contributed by atoms with Crippen LogP contribution in [0.5, 0.6) is 0 Å². The zero-order valence-electron chi connectivity index (χ0n) is 17.4. The van der Waals surface area contributed by atoms with Crippen LogP contribution >= 0.6 is 0 Å². The number of nitrogens with zero attached hydrogens (tertiary/aromatic N) is 2. The van der Waals surface area contributed by atoms with Crippen LogP contribution in [0, 0.1) is 12.8 Å². The highest BCUT2D eigenvalue weighted by molar-refractivity contribution is 5.97. The number of ether oxygens (including phenoxy) is 1. The Bertz CT molecular complexity index is 707. The van der Waals surface area contributed by atoms with Crippen molar-refractivity contribution in [2.75, 3.05) is 33.2 Å². The summed E-state index contributed by atoms with van der Waals surface area (Å²) < 4.78 is 10.5. The molecule has 0 aromatic carbocycles. The Kier molecular flexibility index (Phi) is 7.10. The molecule has 1 aromatic heterocycles. The van der Waals surface area contributed by atoms with E-state index < -0.39 is 5.60 Å². The van der Waals surface area contributed by atoms with Crippen LogP contribution in [0.25, 0.3) is 0 Å². The maximum absolute atomic E-state index is 12.5. The van der Waals surface area contributed by atoms with Crippen molar-refractivity contribution in [2.24, 2.45) is 5.92 Å². The van der Waals surface area contributed by atoms with Crippen molar-refractivity contribution in [3.05, 3.63) is 23.7 Å². The van der Waals surface area contributed by atoms with Crippen LogP contribution in [0.15, 0.2) is 16.7 Å². The van der Waals surface area contributed by atoms with Crippen molar-refractivity contribution in [3.8, 4) is 0 Å². The first-order chi connectivity index (χ1) is 13.1. The number of amides is 3. The lowest BCUT2D eigenvalue weighted by molar-refractivity contribution is -0.132. The average molecular weight is 393 g/mol. The quantitative estimate of drug-likeness (QED) is 0.829. The second-order valence-electron chi connectivity index (χ2n) is 8.28. The predicted molar refractivity (Wildman–Crippen MR) is 104 cm³/mol. The van der Waals surface area contributed by atoms with E-state index in [0.29, 0.717) is 31.0 Å². The molecule has 1 atom stereocenters. The van der Waals surface area contributed by atoms with Crippen molar-refractivity contribution in [2.45, 2.75) is 46.1 Å². The van der Waals surface area contributed by atoms with Crippen molar-refractivity contribution < 1.29 is 23.5 Å². The van der Waals surface area contributed by atoms with Gasteiger partial charge in [0.25, 0.3) is 5.91 Å². The fourth-order valence-corrected chi connectivity index (χ4v) is 3.23. The number of hydrogen-bond donors (Lipinski definition) is 1. The molecule has 3 amide bonds. The molecule has 1 unspecified atom stereocenters. The van der Waals surface area contributed by atoms with Crippen LogP contribution in [-0.2, 0) is 9.53 Å². The molecule has 0 saturated carbocycles. The van der Waals surface area contributed by atoms with Gasteiger partial charge in [0.15, 0.2) is 0 Å². The summed E-state index contributed by atoms with van der Waals surface area (Å²) in [5, 5.41) is 2.65. The molecule has 156 valence electrons. The summed E-state index contributed by atoms with van der Waals surface area (Å²) >= 11 is 0. The molecule has 1 aliphatic heterocycles. The number of nitrogens with one attached hydrogen (secondary N) is 1. The number of furan rings is 1. The molecular weight excluding hydrogens is 362 g/mol. The Hall–Kier alpha value is -2.51. The summed E-state index contributed by atoms with van der Waals surface area (Å²) in [7, 11) is 1.71. The van der Waals surface area contributed by atoms with Crippen LogP contribution in [0.4, 0.5) is 4.79 Å². The Morgan fingerprint density at radius 2 is 2.07 bits per heavy atom. The van der Waals surface area contributed by atoms with E-state index in [1.807, 2.05) is 20.8 Å². The predicted octanol–water partition coefficient (Wildman–Crippen LogP) is 2.42. The topological polar surface area (TPSA) is 92.1 Å². The van der Waals surface area contributed by atoms with Crippen LogP contribution in [0.3, 0.4) is 0 Å². The molecule has 2 heterocycles. The van der Waals surface area contributed by atoms with Gasteiger partial charge in [-0.05, 0) is 52.5 Å². The highest BCUT2D eigenvalue weighted by Gasteiger charge is 2.27. The van der Waals surface area contributed by atoms with Crippen LogP contribution < -0.4 is 5.32 Å². The van der Waals surface area contributed by atoms with E-state index in [9.17, 15) is 14.4 Å². The molecule has 0 radical (unpaired) electrons. The van der Waals surface area contributed by atoms with E-state index in [1.165, 1.54) is 6.26 Å². The number of piperidine rings is 1. The summed E-state index contributed by atoms with van der Waals surface area (Å²) in [6.07, 6.45) is 2.89. The van der Waals surface area contributed by atoms with Crippen LogP contribution in [0.2, 0.25) is 0 Å². The van der Waals surface area contributed by atoms with Gasteiger partial charge < -0.3 is 24.3 Å². The lowest BCUT2D eigenvalue weighted by atomic mass is 9.97.